The SMILES string of the molecule is FC(F)(F)c1ccn2c1CS[C@@H]2c1ccccc1. The zero-order valence-electron chi connectivity index (χ0n) is 9.32. The van der Waals surface area contributed by atoms with Crippen LogP contribution >= 0.6 is 11.8 Å². The van der Waals surface area contributed by atoms with Gasteiger partial charge in [0.05, 0.1) is 5.56 Å². The molecule has 0 saturated carbocycles. The fourth-order valence-corrected chi connectivity index (χ4v) is 3.55. The Hall–Kier alpha value is -1.36. The lowest BCUT2D eigenvalue weighted by Gasteiger charge is -2.12. The molecule has 2 aromatic rings. The minimum absolute atomic E-state index is 0.0442. The zero-order valence-corrected chi connectivity index (χ0v) is 10.1. The second kappa shape index (κ2) is 4.09. The summed E-state index contributed by atoms with van der Waals surface area (Å²) < 4.78 is 40.1. The van der Waals surface area contributed by atoms with Crippen molar-refractivity contribution in [2.24, 2.45) is 0 Å². The third-order valence-electron chi connectivity index (χ3n) is 3.05. The monoisotopic (exact) mass is 269 g/mol. The Morgan fingerprint density at radius 2 is 1.83 bits per heavy atom. The fourth-order valence-electron chi connectivity index (χ4n) is 2.22. The Labute approximate surface area is 107 Å². The number of halogens is 3. The first-order chi connectivity index (χ1) is 8.57. The van der Waals surface area contributed by atoms with Crippen LogP contribution in [0.25, 0.3) is 0 Å². The molecule has 0 bridgehead atoms. The summed E-state index contributed by atoms with van der Waals surface area (Å²) in [6.45, 7) is 0. The van der Waals surface area contributed by atoms with E-state index in [9.17, 15) is 13.2 Å². The summed E-state index contributed by atoms with van der Waals surface area (Å²) in [6.07, 6.45) is -2.72. The predicted octanol–water partition coefficient (Wildman–Crippen LogP) is 4.30. The third kappa shape index (κ3) is 1.82. The van der Waals surface area contributed by atoms with Gasteiger partial charge in [-0.05, 0) is 11.6 Å². The van der Waals surface area contributed by atoms with Gasteiger partial charge in [-0.25, -0.2) is 0 Å². The molecule has 94 valence electrons. The Bertz CT molecular complexity index is 559. The van der Waals surface area contributed by atoms with Crippen molar-refractivity contribution < 1.29 is 13.2 Å². The lowest BCUT2D eigenvalue weighted by atomic mass is 10.2. The number of fused-ring (bicyclic) bond motifs is 1. The molecule has 18 heavy (non-hydrogen) atoms. The first-order valence-electron chi connectivity index (χ1n) is 5.51. The molecular formula is C13H10F3NS. The summed E-state index contributed by atoms with van der Waals surface area (Å²) in [4.78, 5) is 0. The largest absolute Gasteiger partial charge is 0.418 e. The lowest BCUT2D eigenvalue weighted by molar-refractivity contribution is -0.138. The molecule has 1 aromatic heterocycles. The van der Waals surface area contributed by atoms with Gasteiger partial charge >= 0.3 is 6.18 Å². The van der Waals surface area contributed by atoms with Crippen molar-refractivity contribution in [2.45, 2.75) is 17.3 Å². The number of hydrogen-bond acceptors (Lipinski definition) is 1. The Kier molecular flexibility index (Phi) is 2.66. The smallest absolute Gasteiger partial charge is 0.334 e. The summed E-state index contributed by atoms with van der Waals surface area (Å²) in [7, 11) is 0. The molecule has 0 spiro atoms. The molecule has 3 rings (SSSR count). The highest BCUT2D eigenvalue weighted by Crippen LogP contribution is 2.45. The second-order valence-corrected chi connectivity index (χ2v) is 5.22. The quantitative estimate of drug-likeness (QED) is 0.747. The van der Waals surface area contributed by atoms with Gasteiger partial charge in [0, 0.05) is 17.6 Å². The lowest BCUT2D eigenvalue weighted by Crippen LogP contribution is -2.07. The van der Waals surface area contributed by atoms with Crippen LogP contribution in [0.15, 0.2) is 42.6 Å². The highest BCUT2D eigenvalue weighted by molar-refractivity contribution is 7.99. The number of thioether (sulfide) groups is 1. The molecule has 1 nitrogen and oxygen atoms in total. The van der Waals surface area contributed by atoms with Crippen molar-refractivity contribution in [3.05, 3.63) is 59.4 Å². The molecular weight excluding hydrogens is 259 g/mol. The molecule has 0 radical (unpaired) electrons. The molecule has 0 unspecified atom stereocenters. The summed E-state index contributed by atoms with van der Waals surface area (Å²) in [5, 5.41) is -0.0442. The van der Waals surface area contributed by atoms with Crippen LogP contribution in [0, 0.1) is 0 Å². The molecule has 1 atom stereocenters. The molecule has 1 aliphatic heterocycles. The average Bonchev–Trinajstić information content (AvgIpc) is 2.88. The van der Waals surface area contributed by atoms with E-state index in [0.29, 0.717) is 11.4 Å². The average molecular weight is 269 g/mol. The summed E-state index contributed by atoms with van der Waals surface area (Å²) in [5.74, 6) is 0.404. The third-order valence-corrected chi connectivity index (χ3v) is 4.30. The first kappa shape index (κ1) is 11.7. The molecule has 0 aliphatic carbocycles. The van der Waals surface area contributed by atoms with E-state index < -0.39 is 11.7 Å². The maximum absolute atomic E-state index is 12.8. The Balaban J connectivity index is 2.02. The van der Waals surface area contributed by atoms with E-state index in [2.05, 4.69) is 0 Å². The van der Waals surface area contributed by atoms with Gasteiger partial charge in [0.25, 0.3) is 0 Å². The fraction of sp³-hybridized carbons (Fsp3) is 0.231. The van der Waals surface area contributed by atoms with Gasteiger partial charge < -0.3 is 4.57 Å². The van der Waals surface area contributed by atoms with Crippen LogP contribution in [0.2, 0.25) is 0 Å². The Morgan fingerprint density at radius 3 is 2.50 bits per heavy atom. The van der Waals surface area contributed by atoms with Crippen molar-refractivity contribution in [1.29, 1.82) is 0 Å². The first-order valence-corrected chi connectivity index (χ1v) is 6.56. The second-order valence-electron chi connectivity index (χ2n) is 4.16. The van der Waals surface area contributed by atoms with Crippen LogP contribution < -0.4 is 0 Å². The molecule has 1 aliphatic rings. The van der Waals surface area contributed by atoms with Gasteiger partial charge in [0.2, 0.25) is 0 Å². The highest BCUT2D eigenvalue weighted by atomic mass is 32.2. The number of alkyl halides is 3. The standard InChI is InChI=1S/C13H10F3NS/c14-13(15,16)10-6-7-17-11(10)8-18-12(17)9-4-2-1-3-5-9/h1-7,12H,8H2/t12-/m1/s1. The summed E-state index contributed by atoms with van der Waals surface area (Å²) in [5.41, 5.74) is 0.903. The van der Waals surface area contributed by atoms with Crippen molar-refractivity contribution in [1.82, 2.24) is 4.57 Å². The van der Waals surface area contributed by atoms with E-state index in [-0.39, 0.29) is 5.37 Å². The molecule has 0 saturated heterocycles. The van der Waals surface area contributed by atoms with E-state index in [4.69, 9.17) is 0 Å². The van der Waals surface area contributed by atoms with E-state index >= 15 is 0 Å². The normalized spacial score (nSPS) is 18.9. The maximum atomic E-state index is 12.8. The zero-order chi connectivity index (χ0) is 12.8. The van der Waals surface area contributed by atoms with Crippen molar-refractivity contribution in [3.63, 3.8) is 0 Å². The maximum Gasteiger partial charge on any atom is 0.418 e. The number of nitrogens with zero attached hydrogens (tertiary/aromatic N) is 1. The molecule has 0 amide bonds. The highest BCUT2D eigenvalue weighted by Gasteiger charge is 2.38. The van der Waals surface area contributed by atoms with Crippen LogP contribution in [0.3, 0.4) is 0 Å². The minimum Gasteiger partial charge on any atom is -0.334 e. The molecule has 0 fully saturated rings. The van der Waals surface area contributed by atoms with Gasteiger partial charge in [0.1, 0.15) is 5.37 Å². The van der Waals surface area contributed by atoms with E-state index in [0.717, 1.165) is 5.56 Å². The van der Waals surface area contributed by atoms with Crippen molar-refractivity contribution in [2.75, 3.05) is 0 Å². The van der Waals surface area contributed by atoms with Crippen LogP contribution in [0.1, 0.15) is 22.2 Å². The van der Waals surface area contributed by atoms with Crippen molar-refractivity contribution >= 4 is 11.8 Å². The van der Waals surface area contributed by atoms with Crippen LogP contribution in [0.4, 0.5) is 13.2 Å². The van der Waals surface area contributed by atoms with E-state index in [1.807, 2.05) is 30.3 Å². The molecule has 2 heterocycles. The number of benzene rings is 1. The summed E-state index contributed by atoms with van der Waals surface area (Å²) in [6, 6.07) is 10.8. The van der Waals surface area contributed by atoms with Crippen molar-refractivity contribution in [3.8, 4) is 0 Å². The van der Waals surface area contributed by atoms with Crippen LogP contribution in [0.5, 0.6) is 0 Å². The van der Waals surface area contributed by atoms with Gasteiger partial charge in [-0.1, -0.05) is 30.3 Å². The molecule has 5 heteroatoms. The number of hydrogen-bond donors (Lipinski definition) is 0. The van der Waals surface area contributed by atoms with E-state index in [1.165, 1.54) is 24.0 Å². The number of aromatic nitrogens is 1. The number of rotatable bonds is 1. The van der Waals surface area contributed by atoms with Crippen LogP contribution in [-0.2, 0) is 11.9 Å². The summed E-state index contributed by atoms with van der Waals surface area (Å²) >= 11 is 1.52. The molecule has 1 aromatic carbocycles. The van der Waals surface area contributed by atoms with Gasteiger partial charge in [0.15, 0.2) is 0 Å². The molecule has 0 N–H and O–H groups in total. The van der Waals surface area contributed by atoms with E-state index in [1.54, 1.807) is 4.57 Å². The van der Waals surface area contributed by atoms with Gasteiger partial charge in [-0.3, -0.25) is 0 Å². The Morgan fingerprint density at radius 1 is 1.11 bits per heavy atom. The van der Waals surface area contributed by atoms with Gasteiger partial charge in [-0.15, -0.1) is 11.8 Å². The predicted molar refractivity (Wildman–Crippen MR) is 65.3 cm³/mol. The topological polar surface area (TPSA) is 4.93 Å². The van der Waals surface area contributed by atoms with Gasteiger partial charge in [-0.2, -0.15) is 13.2 Å². The van der Waals surface area contributed by atoms with Crippen LogP contribution in [-0.4, -0.2) is 4.57 Å². The minimum atomic E-state index is -4.26.